The highest BCUT2D eigenvalue weighted by Crippen LogP contribution is 2.35. The summed E-state index contributed by atoms with van der Waals surface area (Å²) in [6.07, 6.45) is -2.54. The summed E-state index contributed by atoms with van der Waals surface area (Å²) in [5.41, 5.74) is 9.13. The van der Waals surface area contributed by atoms with Crippen LogP contribution in [0.3, 0.4) is 0 Å². The summed E-state index contributed by atoms with van der Waals surface area (Å²) in [5.74, 6) is -0.0302. The van der Waals surface area contributed by atoms with Gasteiger partial charge in [0.05, 0.1) is 23.1 Å². The van der Waals surface area contributed by atoms with E-state index < -0.39 is 12.1 Å². The number of aromatic amines is 1. The zero-order chi connectivity index (χ0) is 19.2. The average Bonchev–Trinajstić information content (AvgIpc) is 3.04. The third kappa shape index (κ3) is 3.41. The summed E-state index contributed by atoms with van der Waals surface area (Å²) in [4.78, 5) is 18.2. The zero-order valence-electron chi connectivity index (χ0n) is 14.7. The number of rotatable bonds is 2. The molecule has 3 aromatic rings. The largest absolute Gasteiger partial charge is 0.391 e. The Labute approximate surface area is 153 Å². The molecule has 1 aliphatic rings. The number of hydrogen-bond donors (Lipinski definition) is 2. The van der Waals surface area contributed by atoms with E-state index in [1.165, 1.54) is 6.20 Å². The molecule has 0 amide bonds. The predicted octanol–water partition coefficient (Wildman–Crippen LogP) is 3.69. The number of aromatic nitrogens is 4. The quantitative estimate of drug-likeness (QED) is 0.713. The van der Waals surface area contributed by atoms with Crippen LogP contribution < -0.4 is 10.6 Å². The van der Waals surface area contributed by atoms with Gasteiger partial charge >= 0.3 is 6.18 Å². The van der Waals surface area contributed by atoms with Crippen LogP contribution in [0.15, 0.2) is 24.4 Å². The summed E-state index contributed by atoms with van der Waals surface area (Å²) < 4.78 is 38.6. The number of imidazole rings is 1. The predicted molar refractivity (Wildman–Crippen MR) is 97.3 cm³/mol. The molecule has 4 rings (SSSR count). The molecule has 0 radical (unpaired) electrons. The second kappa shape index (κ2) is 6.40. The van der Waals surface area contributed by atoms with E-state index >= 15 is 0 Å². The first-order valence-corrected chi connectivity index (χ1v) is 8.72. The van der Waals surface area contributed by atoms with Crippen molar-refractivity contribution in [3.8, 4) is 11.5 Å². The molecule has 1 saturated heterocycles. The number of halogens is 3. The number of hydrogen-bond acceptors (Lipinski definition) is 5. The summed E-state index contributed by atoms with van der Waals surface area (Å²) in [6.45, 7) is 2.54. The van der Waals surface area contributed by atoms with Crippen molar-refractivity contribution in [2.24, 2.45) is 5.92 Å². The van der Waals surface area contributed by atoms with Gasteiger partial charge in [0.25, 0.3) is 0 Å². The van der Waals surface area contributed by atoms with E-state index in [2.05, 4.69) is 19.9 Å². The van der Waals surface area contributed by atoms with Crippen molar-refractivity contribution in [1.29, 1.82) is 0 Å². The SMILES string of the molecule is Cc1ccc2nc(-c3nc(N4CCC(C(F)(F)F)CC4)cnc3N)[nH]c2c1. The van der Waals surface area contributed by atoms with Crippen LogP contribution in [-0.2, 0) is 0 Å². The van der Waals surface area contributed by atoms with Crippen LogP contribution >= 0.6 is 0 Å². The summed E-state index contributed by atoms with van der Waals surface area (Å²) in [7, 11) is 0. The lowest BCUT2D eigenvalue weighted by Crippen LogP contribution is -2.39. The highest BCUT2D eigenvalue weighted by atomic mass is 19.4. The molecule has 3 heterocycles. The maximum Gasteiger partial charge on any atom is 0.391 e. The number of anilines is 2. The minimum absolute atomic E-state index is 0.0504. The first-order chi connectivity index (χ1) is 12.8. The molecule has 0 unspecified atom stereocenters. The molecule has 0 spiro atoms. The van der Waals surface area contributed by atoms with Crippen LogP contribution in [0.25, 0.3) is 22.6 Å². The van der Waals surface area contributed by atoms with Crippen LogP contribution in [-0.4, -0.2) is 39.2 Å². The number of aryl methyl sites for hydroxylation is 1. The normalized spacial score (nSPS) is 16.2. The van der Waals surface area contributed by atoms with Crippen molar-refractivity contribution in [3.63, 3.8) is 0 Å². The lowest BCUT2D eigenvalue weighted by atomic mass is 9.96. The lowest BCUT2D eigenvalue weighted by molar-refractivity contribution is -0.179. The smallest absolute Gasteiger partial charge is 0.382 e. The molecule has 0 aliphatic carbocycles. The molecule has 6 nitrogen and oxygen atoms in total. The van der Waals surface area contributed by atoms with E-state index in [0.29, 0.717) is 17.3 Å². The highest BCUT2D eigenvalue weighted by molar-refractivity contribution is 5.81. The molecule has 0 bridgehead atoms. The van der Waals surface area contributed by atoms with Crippen LogP contribution in [0.5, 0.6) is 0 Å². The summed E-state index contributed by atoms with van der Waals surface area (Å²) in [5, 5.41) is 0. The van der Waals surface area contributed by atoms with E-state index in [1.54, 1.807) is 0 Å². The van der Waals surface area contributed by atoms with Crippen LogP contribution in [0.2, 0.25) is 0 Å². The summed E-state index contributed by atoms with van der Waals surface area (Å²) >= 11 is 0. The minimum atomic E-state index is -4.14. The van der Waals surface area contributed by atoms with Crippen molar-refractivity contribution < 1.29 is 13.2 Å². The maximum atomic E-state index is 12.9. The van der Waals surface area contributed by atoms with E-state index in [4.69, 9.17) is 5.73 Å². The minimum Gasteiger partial charge on any atom is -0.382 e. The Bertz CT molecular complexity index is 973. The van der Waals surface area contributed by atoms with Crippen LogP contribution in [0.1, 0.15) is 18.4 Å². The van der Waals surface area contributed by atoms with Gasteiger partial charge in [0, 0.05) is 13.1 Å². The Morgan fingerprint density at radius 3 is 2.63 bits per heavy atom. The van der Waals surface area contributed by atoms with Gasteiger partial charge in [-0.05, 0) is 37.5 Å². The Morgan fingerprint density at radius 1 is 1.19 bits per heavy atom. The van der Waals surface area contributed by atoms with Gasteiger partial charge in [-0.15, -0.1) is 0 Å². The van der Waals surface area contributed by atoms with Crippen molar-refractivity contribution in [3.05, 3.63) is 30.0 Å². The fourth-order valence-electron chi connectivity index (χ4n) is 3.39. The number of nitrogen functional groups attached to an aromatic ring is 1. The number of nitrogens with one attached hydrogen (secondary N) is 1. The van der Waals surface area contributed by atoms with E-state index in [-0.39, 0.29) is 31.7 Å². The molecule has 1 fully saturated rings. The molecule has 0 atom stereocenters. The van der Waals surface area contributed by atoms with Crippen molar-refractivity contribution in [2.75, 3.05) is 23.7 Å². The van der Waals surface area contributed by atoms with Crippen molar-refractivity contribution in [2.45, 2.75) is 25.9 Å². The van der Waals surface area contributed by atoms with E-state index in [0.717, 1.165) is 16.6 Å². The van der Waals surface area contributed by atoms with Gasteiger partial charge in [0.1, 0.15) is 5.82 Å². The number of H-pyrrole nitrogens is 1. The van der Waals surface area contributed by atoms with E-state index in [1.807, 2.05) is 30.0 Å². The van der Waals surface area contributed by atoms with E-state index in [9.17, 15) is 13.2 Å². The first kappa shape index (κ1) is 17.6. The van der Waals surface area contributed by atoms with Gasteiger partial charge < -0.3 is 15.6 Å². The van der Waals surface area contributed by atoms with Gasteiger partial charge in [0.2, 0.25) is 0 Å². The van der Waals surface area contributed by atoms with Crippen molar-refractivity contribution >= 4 is 22.7 Å². The number of nitrogens with two attached hydrogens (primary N) is 1. The topological polar surface area (TPSA) is 83.7 Å². The molecular formula is C18H19F3N6. The maximum absolute atomic E-state index is 12.9. The second-order valence-electron chi connectivity index (χ2n) is 6.87. The molecule has 1 aromatic carbocycles. The molecular weight excluding hydrogens is 357 g/mol. The second-order valence-corrected chi connectivity index (χ2v) is 6.87. The fourth-order valence-corrected chi connectivity index (χ4v) is 3.39. The standard InChI is InChI=1S/C18H19F3N6/c1-10-2-3-12-13(8-10)25-17(24-12)15-16(22)23-9-14(26-15)27-6-4-11(5-7-27)18(19,20)21/h2-3,8-9,11H,4-7H2,1H3,(H2,22,23)(H,24,25). The lowest BCUT2D eigenvalue weighted by Gasteiger charge is -2.33. The average molecular weight is 376 g/mol. The van der Waals surface area contributed by atoms with Gasteiger partial charge in [0.15, 0.2) is 17.3 Å². The molecule has 9 heteroatoms. The number of benzene rings is 1. The third-order valence-electron chi connectivity index (χ3n) is 4.93. The Kier molecular flexibility index (Phi) is 4.16. The number of piperidine rings is 1. The highest BCUT2D eigenvalue weighted by Gasteiger charge is 2.41. The fraction of sp³-hybridized carbons (Fsp3) is 0.389. The van der Waals surface area contributed by atoms with Crippen molar-refractivity contribution in [1.82, 2.24) is 19.9 Å². The summed E-state index contributed by atoms with van der Waals surface area (Å²) in [6, 6.07) is 5.84. The Morgan fingerprint density at radius 2 is 1.93 bits per heavy atom. The van der Waals surface area contributed by atoms with Crippen LogP contribution in [0.4, 0.5) is 24.8 Å². The molecule has 2 aromatic heterocycles. The van der Waals surface area contributed by atoms with Gasteiger partial charge in [-0.3, -0.25) is 0 Å². The van der Waals surface area contributed by atoms with Gasteiger partial charge in [-0.1, -0.05) is 6.07 Å². The van der Waals surface area contributed by atoms with Gasteiger partial charge in [-0.2, -0.15) is 13.2 Å². The number of fused-ring (bicyclic) bond motifs is 1. The number of nitrogens with zero attached hydrogens (tertiary/aromatic N) is 4. The first-order valence-electron chi connectivity index (χ1n) is 8.72. The number of alkyl halides is 3. The molecule has 3 N–H and O–H groups in total. The monoisotopic (exact) mass is 376 g/mol. The Balaban J connectivity index is 1.62. The van der Waals surface area contributed by atoms with Gasteiger partial charge in [-0.25, -0.2) is 15.0 Å². The molecule has 142 valence electrons. The molecule has 1 aliphatic heterocycles. The third-order valence-corrected chi connectivity index (χ3v) is 4.93. The zero-order valence-corrected chi connectivity index (χ0v) is 14.7. The molecule has 27 heavy (non-hydrogen) atoms. The van der Waals surface area contributed by atoms with Crippen LogP contribution in [0, 0.1) is 12.8 Å². The Hall–Kier alpha value is -2.84. The molecule has 0 saturated carbocycles.